The predicted molar refractivity (Wildman–Crippen MR) is 99.7 cm³/mol. The normalized spacial score (nSPS) is 17.2. The van der Waals surface area contributed by atoms with E-state index >= 15 is 0 Å². The molecule has 1 atom stereocenters. The second-order valence-electron chi connectivity index (χ2n) is 6.05. The molecule has 5 nitrogen and oxygen atoms in total. The molecule has 7 heteroatoms. The summed E-state index contributed by atoms with van der Waals surface area (Å²) in [4.78, 5) is 12.9. The van der Waals surface area contributed by atoms with E-state index < -0.39 is 0 Å². The highest BCUT2D eigenvalue weighted by Crippen LogP contribution is 2.28. The van der Waals surface area contributed by atoms with Crippen LogP contribution in [-0.2, 0) is 4.74 Å². The smallest absolute Gasteiger partial charge is 0.265 e. The number of nitrogens with one attached hydrogen (secondary N) is 1. The molecule has 1 aliphatic heterocycles. The van der Waals surface area contributed by atoms with E-state index in [-0.39, 0.29) is 12.0 Å². The maximum absolute atomic E-state index is 12.5. The third kappa shape index (κ3) is 3.38. The first-order valence-corrected chi connectivity index (χ1v) is 9.18. The molecule has 1 amide bonds. The molecule has 2 heterocycles. The van der Waals surface area contributed by atoms with Crippen LogP contribution in [0.3, 0.4) is 0 Å². The number of nitrogens with zero attached hydrogens (tertiary/aromatic N) is 1. The Balaban J connectivity index is 1.87. The van der Waals surface area contributed by atoms with Crippen LogP contribution >= 0.6 is 23.6 Å². The number of carbonyl (C=O) groups is 1. The summed E-state index contributed by atoms with van der Waals surface area (Å²) in [5.41, 5.74) is 9.36. The molecule has 128 valence electrons. The number of amides is 1. The number of hydrogen-bond donors (Lipinski definition) is 2. The molecular weight excluding hydrogens is 342 g/mol. The van der Waals surface area contributed by atoms with Crippen LogP contribution in [0.1, 0.15) is 33.6 Å². The number of nitrogen functional groups attached to an aromatic ring is 1. The van der Waals surface area contributed by atoms with Crippen molar-refractivity contribution in [1.29, 1.82) is 0 Å². The largest absolute Gasteiger partial charge is 0.383 e. The van der Waals surface area contributed by atoms with Crippen molar-refractivity contribution >= 4 is 35.3 Å². The first-order valence-electron chi connectivity index (χ1n) is 7.96. The SMILES string of the molecule is Cc1ccc(C)c(-n2c(N)c(C(=O)NC[C@@H]3CCCO3)sc2=S)c1. The Morgan fingerprint density at radius 1 is 1.50 bits per heavy atom. The van der Waals surface area contributed by atoms with Crippen LogP contribution in [0.2, 0.25) is 0 Å². The van der Waals surface area contributed by atoms with Crippen LogP contribution < -0.4 is 11.1 Å². The number of aryl methyl sites for hydroxylation is 2. The standard InChI is InChI=1S/C17H21N3O2S2/c1-10-5-6-11(2)13(8-10)20-15(18)14(24-17(20)23)16(21)19-9-12-4-3-7-22-12/h5-6,8,12H,3-4,7,9,18H2,1-2H3,(H,19,21)/t12-/m0/s1. The Morgan fingerprint density at radius 2 is 2.29 bits per heavy atom. The monoisotopic (exact) mass is 363 g/mol. The highest BCUT2D eigenvalue weighted by atomic mass is 32.1. The van der Waals surface area contributed by atoms with Crippen LogP contribution in [-0.4, -0.2) is 29.7 Å². The van der Waals surface area contributed by atoms with Crippen molar-refractivity contribution < 1.29 is 9.53 Å². The van der Waals surface area contributed by atoms with Gasteiger partial charge in [-0.1, -0.05) is 23.5 Å². The summed E-state index contributed by atoms with van der Waals surface area (Å²) in [6.45, 7) is 5.30. The number of nitrogens with two attached hydrogens (primary N) is 1. The van der Waals surface area contributed by atoms with Crippen molar-refractivity contribution in [3.63, 3.8) is 0 Å². The number of anilines is 1. The number of aromatic nitrogens is 1. The zero-order chi connectivity index (χ0) is 17.3. The van der Waals surface area contributed by atoms with Crippen molar-refractivity contribution in [2.24, 2.45) is 0 Å². The number of hydrogen-bond acceptors (Lipinski definition) is 5. The molecule has 0 unspecified atom stereocenters. The molecular formula is C17H21N3O2S2. The van der Waals surface area contributed by atoms with E-state index in [4.69, 9.17) is 22.7 Å². The molecule has 0 spiro atoms. The van der Waals surface area contributed by atoms with Gasteiger partial charge in [-0.3, -0.25) is 9.36 Å². The van der Waals surface area contributed by atoms with Gasteiger partial charge < -0.3 is 15.8 Å². The molecule has 0 radical (unpaired) electrons. The third-order valence-corrected chi connectivity index (χ3v) is 5.56. The first kappa shape index (κ1) is 17.1. The fourth-order valence-corrected chi connectivity index (χ4v) is 4.10. The Hall–Kier alpha value is -1.70. The minimum Gasteiger partial charge on any atom is -0.383 e. The molecule has 0 aliphatic carbocycles. The summed E-state index contributed by atoms with van der Waals surface area (Å²) in [5, 5.41) is 2.91. The van der Waals surface area contributed by atoms with Gasteiger partial charge in [-0.15, -0.1) is 0 Å². The molecule has 0 bridgehead atoms. The molecule has 0 saturated carbocycles. The minimum atomic E-state index is -0.192. The van der Waals surface area contributed by atoms with Crippen molar-refractivity contribution in [3.8, 4) is 5.69 Å². The predicted octanol–water partition coefficient (Wildman–Crippen LogP) is 3.38. The highest BCUT2D eigenvalue weighted by molar-refractivity contribution is 7.73. The van der Waals surface area contributed by atoms with E-state index in [2.05, 4.69) is 5.32 Å². The molecule has 3 rings (SSSR count). The lowest BCUT2D eigenvalue weighted by molar-refractivity contribution is 0.0861. The summed E-state index contributed by atoms with van der Waals surface area (Å²) < 4.78 is 7.88. The summed E-state index contributed by atoms with van der Waals surface area (Å²) >= 11 is 6.69. The average Bonchev–Trinajstić information content (AvgIpc) is 3.16. The molecule has 1 aliphatic rings. The van der Waals surface area contributed by atoms with E-state index in [1.165, 1.54) is 11.3 Å². The van der Waals surface area contributed by atoms with Crippen LogP contribution in [0.15, 0.2) is 18.2 Å². The summed E-state index contributed by atoms with van der Waals surface area (Å²) in [6.07, 6.45) is 2.13. The lowest BCUT2D eigenvalue weighted by atomic mass is 10.1. The third-order valence-electron chi connectivity index (χ3n) is 4.17. The number of ether oxygens (including phenoxy) is 1. The van der Waals surface area contributed by atoms with E-state index in [1.807, 2.05) is 32.0 Å². The Bertz CT molecular complexity index is 820. The average molecular weight is 364 g/mol. The fraction of sp³-hybridized carbons (Fsp3) is 0.412. The van der Waals surface area contributed by atoms with Gasteiger partial charge in [0.2, 0.25) is 0 Å². The van der Waals surface area contributed by atoms with Gasteiger partial charge in [0.25, 0.3) is 5.91 Å². The molecule has 2 aromatic rings. The summed E-state index contributed by atoms with van der Waals surface area (Å²) in [7, 11) is 0. The highest BCUT2D eigenvalue weighted by Gasteiger charge is 2.21. The Morgan fingerprint density at radius 3 is 3.00 bits per heavy atom. The van der Waals surface area contributed by atoms with Gasteiger partial charge in [-0.05, 0) is 56.1 Å². The van der Waals surface area contributed by atoms with E-state index in [0.29, 0.717) is 21.2 Å². The Kier molecular flexibility index (Phi) is 5.03. The maximum atomic E-state index is 12.5. The quantitative estimate of drug-likeness (QED) is 0.817. The van der Waals surface area contributed by atoms with Crippen LogP contribution in [0.25, 0.3) is 5.69 Å². The lowest BCUT2D eigenvalue weighted by Gasteiger charge is -2.12. The van der Waals surface area contributed by atoms with Crippen molar-refractivity contribution in [2.75, 3.05) is 18.9 Å². The molecule has 3 N–H and O–H groups in total. The van der Waals surface area contributed by atoms with Crippen LogP contribution in [0.4, 0.5) is 5.82 Å². The van der Waals surface area contributed by atoms with Gasteiger partial charge in [-0.2, -0.15) is 0 Å². The molecule has 1 aromatic carbocycles. The minimum absolute atomic E-state index is 0.101. The summed E-state index contributed by atoms with van der Waals surface area (Å²) in [6, 6.07) is 6.10. The maximum Gasteiger partial charge on any atom is 0.265 e. The molecule has 24 heavy (non-hydrogen) atoms. The van der Waals surface area contributed by atoms with Crippen molar-refractivity contribution in [2.45, 2.75) is 32.8 Å². The van der Waals surface area contributed by atoms with Gasteiger partial charge >= 0.3 is 0 Å². The zero-order valence-corrected chi connectivity index (χ0v) is 15.4. The number of benzene rings is 1. The van der Waals surface area contributed by atoms with Crippen molar-refractivity contribution in [1.82, 2.24) is 9.88 Å². The van der Waals surface area contributed by atoms with Gasteiger partial charge in [-0.25, -0.2) is 0 Å². The molecule has 1 saturated heterocycles. The number of rotatable bonds is 4. The molecule has 1 fully saturated rings. The van der Waals surface area contributed by atoms with E-state index in [1.54, 1.807) is 4.57 Å². The molecule has 1 aromatic heterocycles. The fourth-order valence-electron chi connectivity index (χ4n) is 2.83. The van der Waals surface area contributed by atoms with Crippen LogP contribution in [0.5, 0.6) is 0 Å². The van der Waals surface area contributed by atoms with Gasteiger partial charge in [0, 0.05) is 13.2 Å². The second kappa shape index (κ2) is 7.04. The Labute approximate surface area is 150 Å². The van der Waals surface area contributed by atoms with Crippen LogP contribution in [0, 0.1) is 17.8 Å². The lowest BCUT2D eigenvalue weighted by Crippen LogP contribution is -2.31. The van der Waals surface area contributed by atoms with Crippen molar-refractivity contribution in [3.05, 3.63) is 38.2 Å². The number of thiazole rings is 1. The van der Waals surface area contributed by atoms with E-state index in [0.717, 1.165) is 36.3 Å². The van der Waals surface area contributed by atoms with Gasteiger partial charge in [0.1, 0.15) is 10.7 Å². The van der Waals surface area contributed by atoms with Gasteiger partial charge in [0.15, 0.2) is 3.95 Å². The topological polar surface area (TPSA) is 69.3 Å². The van der Waals surface area contributed by atoms with Gasteiger partial charge in [0.05, 0.1) is 11.8 Å². The summed E-state index contributed by atoms with van der Waals surface area (Å²) in [5.74, 6) is 0.201. The first-order chi connectivity index (χ1) is 11.5. The number of carbonyl (C=O) groups excluding carboxylic acids is 1. The van der Waals surface area contributed by atoms with E-state index in [9.17, 15) is 4.79 Å². The zero-order valence-electron chi connectivity index (χ0n) is 13.8. The second-order valence-corrected chi connectivity index (χ2v) is 7.70.